The smallest absolute Gasteiger partial charge is 0.245 e. The van der Waals surface area contributed by atoms with Gasteiger partial charge in [0, 0.05) is 25.0 Å². The summed E-state index contributed by atoms with van der Waals surface area (Å²) in [6.07, 6.45) is 2.48. The summed E-state index contributed by atoms with van der Waals surface area (Å²) in [6, 6.07) is 5.17. The van der Waals surface area contributed by atoms with Crippen molar-refractivity contribution >= 4 is 11.6 Å². The van der Waals surface area contributed by atoms with E-state index in [1.807, 2.05) is 24.0 Å². The Morgan fingerprint density at radius 1 is 1.70 bits per heavy atom. The summed E-state index contributed by atoms with van der Waals surface area (Å²) in [5.74, 6) is -0.0399. The van der Waals surface area contributed by atoms with Crippen molar-refractivity contribution in [3.63, 3.8) is 0 Å². The van der Waals surface area contributed by atoms with Crippen LogP contribution in [0.3, 0.4) is 0 Å². The number of anilines is 1. The fourth-order valence-corrected chi connectivity index (χ4v) is 2.16. The molecule has 1 aromatic rings. The van der Waals surface area contributed by atoms with E-state index in [0.717, 1.165) is 12.1 Å². The van der Waals surface area contributed by atoms with Gasteiger partial charge in [0.05, 0.1) is 13.2 Å². The average molecular weight is 274 g/mol. The quantitative estimate of drug-likeness (QED) is 0.873. The van der Waals surface area contributed by atoms with Gasteiger partial charge in [-0.25, -0.2) is 4.98 Å². The van der Waals surface area contributed by atoms with Gasteiger partial charge < -0.3 is 15.0 Å². The van der Waals surface area contributed by atoms with E-state index < -0.39 is 0 Å². The first-order valence-corrected chi connectivity index (χ1v) is 6.74. The SMILES string of the molecule is CCCNC(=O)C1COCCN1c1ccnc(C#N)c1. The first-order chi connectivity index (χ1) is 9.76. The molecule has 1 amide bonds. The van der Waals surface area contributed by atoms with Gasteiger partial charge in [-0.2, -0.15) is 5.26 Å². The Morgan fingerprint density at radius 2 is 2.55 bits per heavy atom. The van der Waals surface area contributed by atoms with E-state index in [1.165, 1.54) is 0 Å². The second-order valence-electron chi connectivity index (χ2n) is 4.59. The van der Waals surface area contributed by atoms with Crippen LogP contribution >= 0.6 is 0 Å². The van der Waals surface area contributed by atoms with Gasteiger partial charge in [-0.15, -0.1) is 0 Å². The zero-order valence-corrected chi connectivity index (χ0v) is 11.5. The maximum absolute atomic E-state index is 12.2. The van der Waals surface area contributed by atoms with Gasteiger partial charge in [0.25, 0.3) is 0 Å². The summed E-state index contributed by atoms with van der Waals surface area (Å²) >= 11 is 0. The van der Waals surface area contributed by atoms with Crippen molar-refractivity contribution in [3.05, 3.63) is 24.0 Å². The summed E-state index contributed by atoms with van der Waals surface area (Å²) in [7, 11) is 0. The number of carbonyl (C=O) groups is 1. The summed E-state index contributed by atoms with van der Waals surface area (Å²) in [4.78, 5) is 18.1. The van der Waals surface area contributed by atoms with Gasteiger partial charge in [-0.1, -0.05) is 6.92 Å². The number of morpholine rings is 1. The lowest BCUT2D eigenvalue weighted by Gasteiger charge is -2.36. The highest BCUT2D eigenvalue weighted by atomic mass is 16.5. The largest absolute Gasteiger partial charge is 0.377 e. The number of nitrogens with zero attached hydrogens (tertiary/aromatic N) is 3. The highest BCUT2D eigenvalue weighted by Crippen LogP contribution is 2.20. The lowest BCUT2D eigenvalue weighted by molar-refractivity contribution is -0.124. The predicted octanol–water partition coefficient (Wildman–Crippen LogP) is 0.685. The zero-order valence-electron chi connectivity index (χ0n) is 11.5. The van der Waals surface area contributed by atoms with E-state index in [-0.39, 0.29) is 11.9 Å². The molecule has 6 nitrogen and oxygen atoms in total. The molecule has 0 bridgehead atoms. The number of ether oxygens (including phenoxy) is 1. The second-order valence-corrected chi connectivity index (χ2v) is 4.59. The summed E-state index contributed by atoms with van der Waals surface area (Å²) in [5, 5.41) is 11.8. The molecule has 0 aliphatic carbocycles. The maximum Gasteiger partial charge on any atom is 0.245 e. The van der Waals surface area contributed by atoms with Crippen molar-refractivity contribution in [2.24, 2.45) is 0 Å². The van der Waals surface area contributed by atoms with Gasteiger partial charge in [-0.05, 0) is 18.6 Å². The fraction of sp³-hybridized carbons (Fsp3) is 0.500. The number of carbonyl (C=O) groups excluding carboxylic acids is 1. The van der Waals surface area contributed by atoms with Crippen LogP contribution in [0.2, 0.25) is 0 Å². The van der Waals surface area contributed by atoms with Gasteiger partial charge in [0.15, 0.2) is 0 Å². The molecule has 106 valence electrons. The van der Waals surface area contributed by atoms with Crippen LogP contribution in [0, 0.1) is 11.3 Å². The molecule has 1 atom stereocenters. The van der Waals surface area contributed by atoms with Crippen LogP contribution in [0.4, 0.5) is 5.69 Å². The Balaban J connectivity index is 2.17. The summed E-state index contributed by atoms with van der Waals surface area (Å²) < 4.78 is 5.41. The van der Waals surface area contributed by atoms with Crippen LogP contribution in [0.15, 0.2) is 18.3 Å². The first kappa shape index (κ1) is 14.3. The molecule has 0 radical (unpaired) electrons. The third-order valence-electron chi connectivity index (χ3n) is 3.17. The third-order valence-corrected chi connectivity index (χ3v) is 3.17. The molecule has 6 heteroatoms. The molecule has 1 N–H and O–H groups in total. The molecule has 0 aromatic carbocycles. The summed E-state index contributed by atoms with van der Waals surface area (Å²) in [5.41, 5.74) is 1.18. The molecule has 1 saturated heterocycles. The number of nitriles is 1. The van der Waals surface area contributed by atoms with Crippen molar-refractivity contribution in [1.82, 2.24) is 10.3 Å². The van der Waals surface area contributed by atoms with E-state index >= 15 is 0 Å². The minimum atomic E-state index is -0.357. The lowest BCUT2D eigenvalue weighted by atomic mass is 10.1. The Kier molecular flexibility index (Phi) is 4.91. The highest BCUT2D eigenvalue weighted by molar-refractivity contribution is 5.85. The van der Waals surface area contributed by atoms with Crippen LogP contribution in [-0.2, 0) is 9.53 Å². The average Bonchev–Trinajstić information content (AvgIpc) is 2.52. The van der Waals surface area contributed by atoms with E-state index in [9.17, 15) is 4.79 Å². The summed E-state index contributed by atoms with van der Waals surface area (Å²) in [6.45, 7) is 4.22. The van der Waals surface area contributed by atoms with Crippen LogP contribution in [-0.4, -0.2) is 43.2 Å². The maximum atomic E-state index is 12.2. The number of nitrogens with one attached hydrogen (secondary N) is 1. The first-order valence-electron chi connectivity index (χ1n) is 6.74. The van der Waals surface area contributed by atoms with E-state index in [4.69, 9.17) is 10.00 Å². The molecule has 1 aliphatic heterocycles. The number of aromatic nitrogens is 1. The minimum Gasteiger partial charge on any atom is -0.377 e. The van der Waals surface area contributed by atoms with E-state index in [2.05, 4.69) is 10.3 Å². The molecule has 0 spiro atoms. The number of amides is 1. The number of pyridine rings is 1. The Labute approximate surface area is 118 Å². The Morgan fingerprint density at radius 3 is 3.30 bits per heavy atom. The van der Waals surface area contributed by atoms with Gasteiger partial charge in [-0.3, -0.25) is 4.79 Å². The van der Waals surface area contributed by atoms with Crippen molar-refractivity contribution in [3.8, 4) is 6.07 Å². The normalized spacial score (nSPS) is 18.4. The van der Waals surface area contributed by atoms with Gasteiger partial charge in [0.1, 0.15) is 17.8 Å². The van der Waals surface area contributed by atoms with Crippen LogP contribution in [0.5, 0.6) is 0 Å². The number of hydrogen-bond acceptors (Lipinski definition) is 5. The molecular weight excluding hydrogens is 256 g/mol. The highest BCUT2D eigenvalue weighted by Gasteiger charge is 2.29. The van der Waals surface area contributed by atoms with Gasteiger partial charge >= 0.3 is 0 Å². The van der Waals surface area contributed by atoms with Crippen molar-refractivity contribution in [2.45, 2.75) is 19.4 Å². The predicted molar refractivity (Wildman–Crippen MR) is 74.2 cm³/mol. The van der Waals surface area contributed by atoms with Crippen LogP contribution in [0.1, 0.15) is 19.0 Å². The molecule has 1 unspecified atom stereocenters. The van der Waals surface area contributed by atoms with Crippen molar-refractivity contribution < 1.29 is 9.53 Å². The van der Waals surface area contributed by atoms with Gasteiger partial charge in [0.2, 0.25) is 5.91 Å². The lowest BCUT2D eigenvalue weighted by Crippen LogP contribution is -2.54. The second kappa shape index (κ2) is 6.87. The van der Waals surface area contributed by atoms with E-state index in [0.29, 0.717) is 32.0 Å². The Bertz CT molecular complexity index is 512. The van der Waals surface area contributed by atoms with Crippen molar-refractivity contribution in [1.29, 1.82) is 5.26 Å². The standard InChI is InChI=1S/C14H18N4O2/c1-2-4-17-14(19)13-10-20-7-6-18(13)12-3-5-16-11(8-12)9-15/h3,5,8,13H,2,4,6-7,10H2,1H3,(H,17,19). The molecule has 1 aromatic heterocycles. The number of hydrogen-bond donors (Lipinski definition) is 1. The monoisotopic (exact) mass is 274 g/mol. The minimum absolute atomic E-state index is 0.0399. The molecule has 1 aliphatic rings. The van der Waals surface area contributed by atoms with Crippen LogP contribution in [0.25, 0.3) is 0 Å². The van der Waals surface area contributed by atoms with E-state index in [1.54, 1.807) is 12.3 Å². The molecule has 0 saturated carbocycles. The van der Waals surface area contributed by atoms with Crippen LogP contribution < -0.4 is 10.2 Å². The topological polar surface area (TPSA) is 78.2 Å². The molecule has 2 rings (SSSR count). The molecule has 2 heterocycles. The molecule has 1 fully saturated rings. The Hall–Kier alpha value is -2.13. The number of rotatable bonds is 4. The zero-order chi connectivity index (χ0) is 14.4. The molecular formula is C14H18N4O2. The molecule has 20 heavy (non-hydrogen) atoms. The van der Waals surface area contributed by atoms with Crippen molar-refractivity contribution in [2.75, 3.05) is 31.2 Å². The third kappa shape index (κ3) is 3.25. The fourth-order valence-electron chi connectivity index (χ4n) is 2.16.